The van der Waals surface area contributed by atoms with Crippen molar-refractivity contribution in [1.29, 1.82) is 0 Å². The second-order valence-corrected chi connectivity index (χ2v) is 5.72. The van der Waals surface area contributed by atoms with Gasteiger partial charge in [-0.05, 0) is 48.5 Å². The first kappa shape index (κ1) is 18.6. The molecule has 138 valence electrons. The number of aromatic nitrogens is 2. The van der Waals surface area contributed by atoms with E-state index >= 15 is 0 Å². The summed E-state index contributed by atoms with van der Waals surface area (Å²) in [6, 6.07) is 11.7. The van der Waals surface area contributed by atoms with E-state index in [4.69, 9.17) is 11.6 Å². The minimum absolute atomic E-state index is 0.0361. The molecular formula is C17H9ClF3N3O3. The molecule has 0 atom stereocenters. The normalized spacial score (nSPS) is 11.3. The highest BCUT2D eigenvalue weighted by Crippen LogP contribution is 2.27. The maximum atomic E-state index is 12.4. The number of amides is 1. The van der Waals surface area contributed by atoms with Crippen molar-refractivity contribution in [3.05, 3.63) is 76.4 Å². The van der Waals surface area contributed by atoms with Crippen LogP contribution in [0.5, 0.6) is 0 Å². The molecule has 0 radical (unpaired) electrons. The van der Waals surface area contributed by atoms with Gasteiger partial charge in [-0.15, -0.1) is 0 Å². The highest BCUT2D eigenvalue weighted by atomic mass is 35.5. The lowest BCUT2D eigenvalue weighted by Gasteiger charge is -2.06. The summed E-state index contributed by atoms with van der Waals surface area (Å²) in [4.78, 5) is 27.3. The van der Waals surface area contributed by atoms with E-state index in [1.807, 2.05) is 0 Å². The van der Waals surface area contributed by atoms with Gasteiger partial charge in [0.15, 0.2) is 0 Å². The lowest BCUT2D eigenvalue weighted by molar-refractivity contribution is -0.159. The maximum Gasteiger partial charge on any atom is 0.471 e. The lowest BCUT2D eigenvalue weighted by Crippen LogP contribution is -2.12. The molecule has 1 amide bonds. The van der Waals surface area contributed by atoms with Gasteiger partial charge in [-0.25, -0.2) is 0 Å². The van der Waals surface area contributed by atoms with E-state index in [9.17, 15) is 22.8 Å². The number of rotatable bonds is 4. The molecule has 2 aromatic carbocycles. The summed E-state index contributed by atoms with van der Waals surface area (Å²) in [5, 5.41) is 6.15. The van der Waals surface area contributed by atoms with Gasteiger partial charge >= 0.3 is 12.1 Å². The second-order valence-electron chi connectivity index (χ2n) is 5.29. The number of halogens is 4. The number of alkyl halides is 3. The van der Waals surface area contributed by atoms with Gasteiger partial charge in [0.25, 0.3) is 5.91 Å². The van der Waals surface area contributed by atoms with E-state index in [0.29, 0.717) is 16.3 Å². The molecule has 10 heteroatoms. The van der Waals surface area contributed by atoms with E-state index in [1.54, 1.807) is 24.3 Å². The van der Waals surface area contributed by atoms with Crippen LogP contribution < -0.4 is 5.32 Å². The number of anilines is 1. The van der Waals surface area contributed by atoms with Crippen molar-refractivity contribution < 1.29 is 27.3 Å². The summed E-state index contributed by atoms with van der Waals surface area (Å²) in [6.45, 7) is 0. The molecule has 0 spiro atoms. The maximum absolute atomic E-state index is 12.4. The zero-order valence-electron chi connectivity index (χ0n) is 13.2. The predicted octanol–water partition coefficient (Wildman–Crippen LogP) is 4.23. The van der Waals surface area contributed by atoms with Gasteiger partial charge in [-0.1, -0.05) is 16.8 Å². The molecule has 27 heavy (non-hydrogen) atoms. The quantitative estimate of drug-likeness (QED) is 0.668. The van der Waals surface area contributed by atoms with Crippen LogP contribution in [0.2, 0.25) is 5.02 Å². The number of ketones is 1. The highest BCUT2D eigenvalue weighted by Gasteiger charge is 2.39. The topological polar surface area (TPSA) is 85.1 Å². The summed E-state index contributed by atoms with van der Waals surface area (Å²) in [7, 11) is 0. The van der Waals surface area contributed by atoms with Crippen molar-refractivity contribution in [2.45, 2.75) is 6.18 Å². The van der Waals surface area contributed by atoms with Crippen LogP contribution in [0.15, 0.2) is 53.1 Å². The Morgan fingerprint density at radius 1 is 0.963 bits per heavy atom. The third kappa shape index (κ3) is 4.32. The van der Waals surface area contributed by atoms with E-state index in [0.717, 1.165) is 0 Å². The molecule has 0 unspecified atom stereocenters. The number of benzene rings is 2. The van der Waals surface area contributed by atoms with Crippen molar-refractivity contribution in [2.24, 2.45) is 0 Å². The van der Waals surface area contributed by atoms with Gasteiger partial charge in [-0.2, -0.15) is 18.2 Å². The van der Waals surface area contributed by atoms with Crippen molar-refractivity contribution in [3.63, 3.8) is 0 Å². The smallest absolute Gasteiger partial charge is 0.329 e. The van der Waals surface area contributed by atoms with Crippen LogP contribution in [-0.4, -0.2) is 21.8 Å². The Kier molecular flexibility index (Phi) is 4.95. The molecule has 1 N–H and O–H groups in total. The monoisotopic (exact) mass is 395 g/mol. The number of carbonyl (C=O) groups excluding carboxylic acids is 2. The number of hydrogen-bond donors (Lipinski definition) is 1. The molecule has 0 aliphatic rings. The summed E-state index contributed by atoms with van der Waals surface area (Å²) in [5.74, 6) is -3.54. The third-order valence-corrected chi connectivity index (χ3v) is 3.63. The van der Waals surface area contributed by atoms with Crippen LogP contribution >= 0.6 is 11.6 Å². The van der Waals surface area contributed by atoms with Gasteiger partial charge in [0.05, 0.1) is 0 Å². The molecule has 0 fully saturated rings. The zero-order valence-corrected chi connectivity index (χ0v) is 14.0. The predicted molar refractivity (Wildman–Crippen MR) is 88.6 cm³/mol. The van der Waals surface area contributed by atoms with Gasteiger partial charge < -0.3 is 9.84 Å². The molecule has 0 bridgehead atoms. The highest BCUT2D eigenvalue weighted by molar-refractivity contribution is 6.30. The van der Waals surface area contributed by atoms with E-state index < -0.39 is 29.6 Å². The molecule has 0 saturated heterocycles. The second kappa shape index (κ2) is 7.20. The first-order valence-corrected chi connectivity index (χ1v) is 7.74. The van der Waals surface area contributed by atoms with Crippen LogP contribution in [-0.2, 0) is 6.18 Å². The minimum atomic E-state index is -4.83. The standard InChI is InChI=1S/C17H9ClF3N3O3/c18-11-5-1-10(2-6-11)15(26)22-12-7-3-9(4-8-12)13(25)14-23-16(27-24-14)17(19,20)21/h1-8H,(H,22,26). The van der Waals surface area contributed by atoms with Crippen LogP contribution in [0.4, 0.5) is 18.9 Å². The van der Waals surface area contributed by atoms with Crippen LogP contribution in [0.3, 0.4) is 0 Å². The fraction of sp³-hybridized carbons (Fsp3) is 0.0588. The summed E-state index contributed by atoms with van der Waals surface area (Å²) in [6.07, 6.45) is -4.83. The van der Waals surface area contributed by atoms with Crippen LogP contribution in [0.25, 0.3) is 0 Å². The molecule has 6 nitrogen and oxygen atoms in total. The summed E-state index contributed by atoms with van der Waals surface area (Å²) in [5.41, 5.74) is 0.802. The largest absolute Gasteiger partial charge is 0.471 e. The van der Waals surface area contributed by atoms with Gasteiger partial charge in [0.2, 0.25) is 11.6 Å². The van der Waals surface area contributed by atoms with Crippen LogP contribution in [0.1, 0.15) is 32.4 Å². The Hall–Kier alpha value is -3.20. The van der Waals surface area contributed by atoms with Crippen molar-refractivity contribution in [1.82, 2.24) is 10.1 Å². The Bertz CT molecular complexity index is 983. The third-order valence-electron chi connectivity index (χ3n) is 3.38. The summed E-state index contributed by atoms with van der Waals surface area (Å²) < 4.78 is 41.4. The van der Waals surface area contributed by atoms with Crippen molar-refractivity contribution in [3.8, 4) is 0 Å². The molecule has 3 aromatic rings. The Morgan fingerprint density at radius 2 is 1.56 bits per heavy atom. The van der Waals surface area contributed by atoms with Crippen LogP contribution in [0, 0.1) is 0 Å². The molecule has 1 aromatic heterocycles. The SMILES string of the molecule is O=C(Nc1ccc(C(=O)c2noc(C(F)(F)F)n2)cc1)c1ccc(Cl)cc1. The lowest BCUT2D eigenvalue weighted by atomic mass is 10.1. The van der Waals surface area contributed by atoms with E-state index in [2.05, 4.69) is 20.0 Å². The Labute approximate surface area is 154 Å². The average molecular weight is 396 g/mol. The van der Waals surface area contributed by atoms with Gasteiger partial charge in [-0.3, -0.25) is 9.59 Å². The average Bonchev–Trinajstić information content (AvgIpc) is 3.13. The molecule has 3 rings (SSSR count). The molecular weight excluding hydrogens is 387 g/mol. The summed E-state index contributed by atoms with van der Waals surface area (Å²) >= 11 is 5.76. The number of nitrogens with zero attached hydrogens (tertiary/aromatic N) is 2. The first-order valence-electron chi connectivity index (χ1n) is 7.36. The van der Waals surface area contributed by atoms with E-state index in [-0.39, 0.29) is 5.56 Å². The van der Waals surface area contributed by atoms with Gasteiger partial charge in [0, 0.05) is 21.8 Å². The fourth-order valence-corrected chi connectivity index (χ4v) is 2.20. The zero-order chi connectivity index (χ0) is 19.6. The van der Waals surface area contributed by atoms with Gasteiger partial charge in [0.1, 0.15) is 0 Å². The Morgan fingerprint density at radius 3 is 2.11 bits per heavy atom. The van der Waals surface area contributed by atoms with E-state index in [1.165, 1.54) is 24.3 Å². The van der Waals surface area contributed by atoms with Crippen molar-refractivity contribution >= 4 is 29.0 Å². The molecule has 0 saturated carbocycles. The minimum Gasteiger partial charge on any atom is -0.329 e. The van der Waals surface area contributed by atoms with Crippen molar-refractivity contribution in [2.75, 3.05) is 5.32 Å². The molecule has 1 heterocycles. The fourth-order valence-electron chi connectivity index (χ4n) is 2.07. The number of nitrogens with one attached hydrogen (secondary N) is 1. The Balaban J connectivity index is 1.71. The molecule has 0 aliphatic heterocycles. The first-order chi connectivity index (χ1) is 12.7. The number of carbonyl (C=O) groups is 2. The molecule has 0 aliphatic carbocycles. The number of hydrogen-bond acceptors (Lipinski definition) is 5.